The lowest BCUT2D eigenvalue weighted by molar-refractivity contribution is -0.127. The van der Waals surface area contributed by atoms with Crippen LogP contribution in [-0.2, 0) is 11.3 Å². The van der Waals surface area contributed by atoms with Crippen LogP contribution in [0.4, 0.5) is 0 Å². The zero-order chi connectivity index (χ0) is 22.8. The maximum absolute atomic E-state index is 12.9. The molecule has 33 heavy (non-hydrogen) atoms. The molecule has 1 aliphatic heterocycles. The molecule has 1 saturated heterocycles. The van der Waals surface area contributed by atoms with Gasteiger partial charge in [0.2, 0.25) is 5.91 Å². The molecular formula is C25H29ClN4O2S. The molecule has 0 bridgehead atoms. The van der Waals surface area contributed by atoms with Gasteiger partial charge in [0.15, 0.2) is 0 Å². The molecule has 0 unspecified atom stereocenters. The lowest BCUT2D eigenvalue weighted by Gasteiger charge is -2.33. The third-order valence-electron chi connectivity index (χ3n) is 6.94. The molecule has 1 aliphatic carbocycles. The maximum Gasteiger partial charge on any atom is 0.260 e. The Morgan fingerprint density at radius 3 is 2.64 bits per heavy atom. The van der Waals surface area contributed by atoms with Gasteiger partial charge in [0.1, 0.15) is 10.7 Å². The van der Waals surface area contributed by atoms with Crippen molar-refractivity contribution in [1.82, 2.24) is 20.2 Å². The van der Waals surface area contributed by atoms with Crippen molar-refractivity contribution in [2.24, 2.45) is 5.92 Å². The Bertz CT molecular complexity index is 1190. The van der Waals surface area contributed by atoms with E-state index in [9.17, 15) is 9.59 Å². The summed E-state index contributed by atoms with van der Waals surface area (Å²) in [6.45, 7) is 2.37. The first-order chi connectivity index (χ1) is 16.1. The highest BCUT2D eigenvalue weighted by molar-refractivity contribution is 7.17. The number of carbonyl (C=O) groups excluding carboxylic acids is 1. The summed E-state index contributed by atoms with van der Waals surface area (Å²) >= 11 is 7.83. The molecule has 2 aliphatic rings. The quantitative estimate of drug-likeness (QED) is 0.536. The molecule has 5 rings (SSSR count). The van der Waals surface area contributed by atoms with Gasteiger partial charge in [-0.05, 0) is 31.7 Å². The first kappa shape index (κ1) is 22.6. The molecule has 2 N–H and O–H groups in total. The third kappa shape index (κ3) is 5.00. The van der Waals surface area contributed by atoms with Crippen molar-refractivity contribution in [3.63, 3.8) is 0 Å². The van der Waals surface area contributed by atoms with Crippen LogP contribution in [0, 0.1) is 5.92 Å². The highest BCUT2D eigenvalue weighted by Gasteiger charge is 2.26. The molecule has 6 nitrogen and oxygen atoms in total. The molecule has 1 aromatic carbocycles. The summed E-state index contributed by atoms with van der Waals surface area (Å²) in [6, 6.07) is 7.81. The number of piperidine rings is 1. The molecule has 1 amide bonds. The first-order valence-corrected chi connectivity index (χ1v) is 13.1. The molecule has 2 aromatic heterocycles. The number of carbonyl (C=O) groups is 1. The Kier molecular flexibility index (Phi) is 6.81. The average Bonchev–Trinajstić information content (AvgIpc) is 3.25. The second-order valence-electron chi connectivity index (χ2n) is 9.22. The summed E-state index contributed by atoms with van der Waals surface area (Å²) in [6.07, 6.45) is 7.55. The van der Waals surface area contributed by atoms with Crippen molar-refractivity contribution in [3.8, 4) is 11.1 Å². The van der Waals surface area contributed by atoms with Crippen molar-refractivity contribution in [3.05, 3.63) is 50.8 Å². The number of H-pyrrole nitrogens is 1. The van der Waals surface area contributed by atoms with Crippen LogP contribution in [0.3, 0.4) is 0 Å². The molecule has 2 fully saturated rings. The van der Waals surface area contributed by atoms with Gasteiger partial charge in [-0.25, -0.2) is 4.98 Å². The molecule has 174 valence electrons. The van der Waals surface area contributed by atoms with E-state index in [0.717, 1.165) is 54.7 Å². The second kappa shape index (κ2) is 9.95. The van der Waals surface area contributed by atoms with Gasteiger partial charge in [0.25, 0.3) is 5.56 Å². The largest absolute Gasteiger partial charge is 0.353 e. The number of benzene rings is 1. The van der Waals surface area contributed by atoms with Crippen molar-refractivity contribution < 1.29 is 4.79 Å². The van der Waals surface area contributed by atoms with E-state index in [1.807, 2.05) is 29.6 Å². The van der Waals surface area contributed by atoms with Crippen LogP contribution in [0.25, 0.3) is 21.3 Å². The minimum absolute atomic E-state index is 0.124. The fourth-order valence-corrected chi connectivity index (χ4v) is 6.27. The van der Waals surface area contributed by atoms with Crippen LogP contribution < -0.4 is 10.9 Å². The van der Waals surface area contributed by atoms with Gasteiger partial charge in [0, 0.05) is 46.6 Å². The molecule has 3 heterocycles. The van der Waals surface area contributed by atoms with Crippen LogP contribution in [0.15, 0.2) is 34.4 Å². The summed E-state index contributed by atoms with van der Waals surface area (Å²) in [4.78, 5) is 36.2. The Morgan fingerprint density at radius 1 is 1.12 bits per heavy atom. The van der Waals surface area contributed by atoms with E-state index in [4.69, 9.17) is 16.6 Å². The number of amides is 1. The van der Waals surface area contributed by atoms with E-state index < -0.39 is 0 Å². The zero-order valence-corrected chi connectivity index (χ0v) is 20.2. The summed E-state index contributed by atoms with van der Waals surface area (Å²) in [5.41, 5.74) is 1.55. The number of hydrogen-bond acceptors (Lipinski definition) is 5. The van der Waals surface area contributed by atoms with E-state index >= 15 is 0 Å². The van der Waals surface area contributed by atoms with Crippen molar-refractivity contribution in [2.75, 3.05) is 13.1 Å². The number of halogens is 1. The summed E-state index contributed by atoms with van der Waals surface area (Å²) < 4.78 is 0. The Morgan fingerprint density at radius 2 is 1.88 bits per heavy atom. The predicted octanol–water partition coefficient (Wildman–Crippen LogP) is 4.97. The van der Waals surface area contributed by atoms with Gasteiger partial charge in [-0.1, -0.05) is 49.1 Å². The van der Waals surface area contributed by atoms with Crippen LogP contribution >= 0.6 is 22.9 Å². The monoisotopic (exact) mass is 484 g/mol. The smallest absolute Gasteiger partial charge is 0.260 e. The molecule has 0 spiro atoms. The van der Waals surface area contributed by atoms with Crippen LogP contribution in [0.1, 0.15) is 50.8 Å². The molecule has 1 saturated carbocycles. The number of aromatic amines is 1. The number of aromatic nitrogens is 2. The molecule has 8 heteroatoms. The Balaban J connectivity index is 1.22. The lowest BCUT2D eigenvalue weighted by atomic mass is 9.88. The number of thiophene rings is 1. The molecule has 0 atom stereocenters. The lowest BCUT2D eigenvalue weighted by Crippen LogP contribution is -2.46. The number of likely N-dealkylation sites (tertiary alicyclic amines) is 1. The predicted molar refractivity (Wildman–Crippen MR) is 134 cm³/mol. The van der Waals surface area contributed by atoms with E-state index in [1.54, 1.807) is 0 Å². The van der Waals surface area contributed by atoms with Gasteiger partial charge in [0.05, 0.1) is 11.9 Å². The standard InChI is InChI=1S/C25H29ClN4O2S/c26-20-9-5-4-8-18(20)19-15-33-25-22(19)24(32)28-21(29-25)14-30-12-10-17(11-13-30)27-23(31)16-6-2-1-3-7-16/h4-5,8-9,15-17H,1-3,6-7,10-14H2,(H,27,31)(H,28,29,32). The van der Waals surface area contributed by atoms with Crippen molar-refractivity contribution in [1.29, 1.82) is 0 Å². The highest BCUT2D eigenvalue weighted by atomic mass is 35.5. The first-order valence-electron chi connectivity index (χ1n) is 11.9. The summed E-state index contributed by atoms with van der Waals surface area (Å²) in [5.74, 6) is 1.14. The normalized spacial score (nSPS) is 18.6. The third-order valence-corrected chi connectivity index (χ3v) is 8.14. The van der Waals surface area contributed by atoms with E-state index in [-0.39, 0.29) is 23.4 Å². The second-order valence-corrected chi connectivity index (χ2v) is 10.5. The van der Waals surface area contributed by atoms with Gasteiger partial charge in [-0.3, -0.25) is 14.5 Å². The Labute approximate surface area is 202 Å². The minimum Gasteiger partial charge on any atom is -0.353 e. The number of nitrogens with zero attached hydrogens (tertiary/aromatic N) is 2. The summed E-state index contributed by atoms with van der Waals surface area (Å²) in [5, 5.41) is 6.46. The molecule has 0 radical (unpaired) electrons. The number of nitrogens with one attached hydrogen (secondary N) is 2. The van der Waals surface area contributed by atoms with Gasteiger partial charge >= 0.3 is 0 Å². The maximum atomic E-state index is 12.9. The zero-order valence-electron chi connectivity index (χ0n) is 18.6. The van der Waals surface area contributed by atoms with Crippen molar-refractivity contribution >= 4 is 39.1 Å². The minimum atomic E-state index is -0.124. The van der Waals surface area contributed by atoms with E-state index in [2.05, 4.69) is 15.2 Å². The van der Waals surface area contributed by atoms with Gasteiger partial charge in [-0.2, -0.15) is 0 Å². The molecular weight excluding hydrogens is 456 g/mol. The fourth-order valence-electron chi connectivity index (χ4n) is 5.08. The Hall–Kier alpha value is -2.22. The van der Waals surface area contributed by atoms with Crippen LogP contribution in [0.5, 0.6) is 0 Å². The highest BCUT2D eigenvalue weighted by Crippen LogP contribution is 2.35. The SMILES string of the molecule is O=C(NC1CCN(Cc2nc3scc(-c4ccccc4Cl)c3c(=O)[nH]2)CC1)C1CCCCC1. The van der Waals surface area contributed by atoms with Gasteiger partial charge < -0.3 is 10.3 Å². The van der Waals surface area contributed by atoms with Gasteiger partial charge in [-0.15, -0.1) is 11.3 Å². The van der Waals surface area contributed by atoms with Crippen LogP contribution in [0.2, 0.25) is 5.02 Å². The van der Waals surface area contributed by atoms with E-state index in [1.165, 1.54) is 30.6 Å². The van der Waals surface area contributed by atoms with E-state index in [0.29, 0.717) is 22.8 Å². The number of fused-ring (bicyclic) bond motifs is 1. The number of hydrogen-bond donors (Lipinski definition) is 2. The van der Waals surface area contributed by atoms with Crippen LogP contribution in [-0.4, -0.2) is 39.9 Å². The summed E-state index contributed by atoms with van der Waals surface area (Å²) in [7, 11) is 0. The topological polar surface area (TPSA) is 78.1 Å². The fraction of sp³-hybridized carbons (Fsp3) is 0.480. The number of rotatable bonds is 5. The molecule has 3 aromatic rings. The van der Waals surface area contributed by atoms with Crippen molar-refractivity contribution in [2.45, 2.75) is 57.5 Å². The average molecular weight is 485 g/mol.